The van der Waals surface area contributed by atoms with Gasteiger partial charge in [-0.05, 0) is 5.31 Å². The third-order valence-corrected chi connectivity index (χ3v) is 5.00. The van der Waals surface area contributed by atoms with Crippen molar-refractivity contribution >= 4 is 16.5 Å². The molecule has 0 fully saturated rings. The third kappa shape index (κ3) is 13.4. The van der Waals surface area contributed by atoms with Crippen molar-refractivity contribution in [1.82, 2.24) is 0 Å². The molecule has 0 aromatic rings. The van der Waals surface area contributed by atoms with Gasteiger partial charge in [0.15, 0.2) is 0 Å². The van der Waals surface area contributed by atoms with Crippen molar-refractivity contribution in [3.63, 3.8) is 0 Å². The summed E-state index contributed by atoms with van der Waals surface area (Å²) in [6, 6.07) is 0. The van der Waals surface area contributed by atoms with Gasteiger partial charge in [0.25, 0.3) is 0 Å². The largest absolute Gasteiger partial charge is 0.323 e. The highest BCUT2D eigenvalue weighted by molar-refractivity contribution is 8.11. The van der Waals surface area contributed by atoms with Gasteiger partial charge < -0.3 is 0 Å². The van der Waals surface area contributed by atoms with Gasteiger partial charge in [0.2, 0.25) is 9.97 Å². The summed E-state index contributed by atoms with van der Waals surface area (Å²) >= 11 is 0. The maximum absolute atomic E-state index is 11.2. The molecule has 0 aromatic carbocycles. The Morgan fingerprint density at radius 3 is 1.52 bits per heavy atom. The Kier molecular flexibility index (Phi) is 11.5. The molecular weight excluding hydrogens is 283 g/mol. The normalized spacial score (nSPS) is 12.6. The van der Waals surface area contributed by atoms with Gasteiger partial charge in [0.1, 0.15) is 0 Å². The molecular formula is C16H34BO3S. The van der Waals surface area contributed by atoms with E-state index in [0.29, 0.717) is 0 Å². The summed E-state index contributed by atoms with van der Waals surface area (Å²) in [5.41, 5.74) is 0. The van der Waals surface area contributed by atoms with Crippen molar-refractivity contribution in [3.8, 4) is 0 Å². The Balaban J connectivity index is 4.21. The molecule has 0 saturated heterocycles. The van der Waals surface area contributed by atoms with E-state index in [1.807, 2.05) is 6.92 Å². The minimum absolute atomic E-state index is 0.383. The predicted molar refractivity (Wildman–Crippen MR) is 92.4 cm³/mol. The zero-order chi connectivity index (χ0) is 16.2. The molecule has 0 rings (SSSR count). The smallest absolute Gasteiger partial charge is 0.295 e. The summed E-state index contributed by atoms with van der Waals surface area (Å²) in [6.45, 7) is 7.53. The first-order chi connectivity index (χ1) is 9.83. The summed E-state index contributed by atoms with van der Waals surface area (Å²) in [5.74, 6) is 0. The van der Waals surface area contributed by atoms with E-state index in [-0.39, 0.29) is 5.31 Å². The van der Waals surface area contributed by atoms with E-state index in [9.17, 15) is 8.42 Å². The SMILES string of the molecule is CCCCCCCC(C)([B]S(=O)(=O)O)CCCCCCC. The topological polar surface area (TPSA) is 54.4 Å². The van der Waals surface area contributed by atoms with E-state index in [0.717, 1.165) is 38.5 Å². The summed E-state index contributed by atoms with van der Waals surface area (Å²) < 4.78 is 31.6. The Morgan fingerprint density at radius 2 is 1.19 bits per heavy atom. The van der Waals surface area contributed by atoms with Crippen LogP contribution in [0.2, 0.25) is 5.31 Å². The molecule has 0 aromatic heterocycles. The van der Waals surface area contributed by atoms with Gasteiger partial charge in [-0.1, -0.05) is 97.8 Å². The quantitative estimate of drug-likeness (QED) is 0.265. The van der Waals surface area contributed by atoms with Crippen molar-refractivity contribution in [3.05, 3.63) is 0 Å². The molecule has 21 heavy (non-hydrogen) atoms. The zero-order valence-corrected chi connectivity index (χ0v) is 15.1. The monoisotopic (exact) mass is 317 g/mol. The van der Waals surface area contributed by atoms with Crippen LogP contribution in [0.4, 0.5) is 0 Å². The van der Waals surface area contributed by atoms with Crippen molar-refractivity contribution < 1.29 is 13.0 Å². The highest BCUT2D eigenvalue weighted by atomic mass is 32.2. The molecule has 125 valence electrons. The van der Waals surface area contributed by atoms with Crippen LogP contribution >= 0.6 is 0 Å². The van der Waals surface area contributed by atoms with E-state index in [1.54, 1.807) is 0 Å². The minimum Gasteiger partial charge on any atom is -0.295 e. The molecule has 0 amide bonds. The molecule has 1 N–H and O–H groups in total. The molecule has 3 nitrogen and oxygen atoms in total. The lowest BCUT2D eigenvalue weighted by Gasteiger charge is -2.27. The van der Waals surface area contributed by atoms with Crippen molar-refractivity contribution in [2.24, 2.45) is 0 Å². The molecule has 0 atom stereocenters. The zero-order valence-electron chi connectivity index (χ0n) is 14.2. The Bertz CT molecular complexity index is 327. The Morgan fingerprint density at radius 1 is 0.810 bits per heavy atom. The number of rotatable bonds is 14. The Hall–Kier alpha value is -0.0251. The third-order valence-electron chi connectivity index (χ3n) is 4.14. The summed E-state index contributed by atoms with van der Waals surface area (Å²) in [5, 5.41) is -0.383. The molecule has 0 aliphatic rings. The van der Waals surface area contributed by atoms with Crippen LogP contribution in [-0.2, 0) is 9.97 Å². The fraction of sp³-hybridized carbons (Fsp3) is 1.00. The molecule has 0 aliphatic carbocycles. The van der Waals surface area contributed by atoms with Gasteiger partial charge >= 0.3 is 6.56 Å². The van der Waals surface area contributed by atoms with Crippen LogP contribution in [0.25, 0.3) is 0 Å². The first-order valence-corrected chi connectivity index (χ1v) is 10.2. The lowest BCUT2D eigenvalue weighted by Crippen LogP contribution is -2.24. The number of hydrogen-bond donors (Lipinski definition) is 1. The fourth-order valence-corrected chi connectivity index (χ4v) is 3.82. The van der Waals surface area contributed by atoms with Crippen LogP contribution < -0.4 is 0 Å². The maximum Gasteiger partial charge on any atom is 0.323 e. The second kappa shape index (κ2) is 11.5. The maximum atomic E-state index is 11.2. The first-order valence-electron chi connectivity index (χ1n) is 8.66. The number of unbranched alkanes of at least 4 members (excludes halogenated alkanes) is 8. The molecule has 0 aliphatic heterocycles. The van der Waals surface area contributed by atoms with Crippen LogP contribution in [0.5, 0.6) is 0 Å². The Labute approximate surface area is 133 Å². The van der Waals surface area contributed by atoms with Crippen LogP contribution in [-0.4, -0.2) is 19.5 Å². The lowest BCUT2D eigenvalue weighted by molar-refractivity contribution is 0.444. The van der Waals surface area contributed by atoms with Gasteiger partial charge in [-0.3, -0.25) is 4.55 Å². The van der Waals surface area contributed by atoms with Crippen molar-refractivity contribution in [2.45, 2.75) is 103 Å². The van der Waals surface area contributed by atoms with Gasteiger partial charge in [0.05, 0.1) is 0 Å². The van der Waals surface area contributed by atoms with Crippen LogP contribution in [0, 0.1) is 0 Å². The molecule has 5 heteroatoms. The van der Waals surface area contributed by atoms with Crippen molar-refractivity contribution in [2.75, 3.05) is 0 Å². The van der Waals surface area contributed by atoms with Crippen LogP contribution in [0.3, 0.4) is 0 Å². The van der Waals surface area contributed by atoms with E-state index in [2.05, 4.69) is 13.8 Å². The fourth-order valence-electron chi connectivity index (χ4n) is 2.87. The average molecular weight is 317 g/mol. The summed E-state index contributed by atoms with van der Waals surface area (Å²) in [7, 11) is -4.00. The summed E-state index contributed by atoms with van der Waals surface area (Å²) in [6.07, 6.45) is 13.4. The van der Waals surface area contributed by atoms with Gasteiger partial charge in [-0.25, -0.2) is 8.42 Å². The lowest BCUT2D eigenvalue weighted by atomic mass is 9.63. The van der Waals surface area contributed by atoms with Gasteiger partial charge in [0, 0.05) is 0 Å². The number of hydrogen-bond acceptors (Lipinski definition) is 2. The van der Waals surface area contributed by atoms with E-state index < -0.39 is 9.97 Å². The average Bonchev–Trinajstić information content (AvgIpc) is 2.36. The summed E-state index contributed by atoms with van der Waals surface area (Å²) in [4.78, 5) is 0. The minimum atomic E-state index is -4.00. The second-order valence-corrected chi connectivity index (χ2v) is 7.88. The second-order valence-electron chi connectivity index (χ2n) is 6.62. The van der Waals surface area contributed by atoms with Crippen molar-refractivity contribution in [1.29, 1.82) is 0 Å². The molecule has 0 bridgehead atoms. The highest BCUT2D eigenvalue weighted by Crippen LogP contribution is 2.38. The van der Waals surface area contributed by atoms with Crippen LogP contribution in [0.1, 0.15) is 97.8 Å². The first kappa shape index (κ1) is 21.0. The molecule has 0 spiro atoms. The molecule has 0 heterocycles. The molecule has 0 unspecified atom stereocenters. The van der Waals surface area contributed by atoms with Crippen LogP contribution in [0.15, 0.2) is 0 Å². The van der Waals surface area contributed by atoms with E-state index in [1.165, 1.54) is 45.1 Å². The standard InChI is InChI=1S/C16H34BO3S/c1-4-6-8-10-12-14-16(3,17-21(18,19)20)15-13-11-9-7-5-2/h4-15H2,1-3H3,(H,18,19,20). The van der Waals surface area contributed by atoms with Gasteiger partial charge in [-0.15, -0.1) is 0 Å². The predicted octanol–water partition coefficient (Wildman–Crippen LogP) is 5.39. The molecule has 0 saturated carbocycles. The van der Waals surface area contributed by atoms with E-state index in [4.69, 9.17) is 4.55 Å². The highest BCUT2D eigenvalue weighted by Gasteiger charge is 2.31. The van der Waals surface area contributed by atoms with Gasteiger partial charge in [-0.2, -0.15) is 0 Å². The van der Waals surface area contributed by atoms with E-state index >= 15 is 0 Å². The molecule has 1 radical (unpaired) electrons.